The summed E-state index contributed by atoms with van der Waals surface area (Å²) in [6.07, 6.45) is 0. The summed E-state index contributed by atoms with van der Waals surface area (Å²) < 4.78 is 46.9. The molecule has 0 amide bonds. The van der Waals surface area contributed by atoms with Gasteiger partial charge in [-0.2, -0.15) is 0 Å². The molecule has 0 aliphatic carbocycles. The maximum atomic E-state index is 8.72. The SMILES string of the molecule is [2H]C([2H])([2H])C(C([2H])([2H])O)C([2H])([2H])O. The molecule has 0 fully saturated rings. The summed E-state index contributed by atoms with van der Waals surface area (Å²) in [5.74, 6) is -2.49. The van der Waals surface area contributed by atoms with Crippen LogP contribution in [0.3, 0.4) is 0 Å². The van der Waals surface area contributed by atoms with Crippen molar-refractivity contribution in [2.24, 2.45) is 5.92 Å². The zero-order valence-electron chi connectivity index (χ0n) is 9.97. The van der Waals surface area contributed by atoms with Crippen LogP contribution in [0.5, 0.6) is 0 Å². The summed E-state index contributed by atoms with van der Waals surface area (Å²) in [6, 6.07) is 0. The van der Waals surface area contributed by atoms with Crippen LogP contribution in [-0.4, -0.2) is 23.3 Å². The molecule has 2 heteroatoms. The van der Waals surface area contributed by atoms with E-state index in [9.17, 15) is 0 Å². The van der Waals surface area contributed by atoms with Crippen LogP contribution in [0.25, 0.3) is 0 Å². The number of rotatable bonds is 2. The van der Waals surface area contributed by atoms with Crippen molar-refractivity contribution in [3.05, 3.63) is 0 Å². The van der Waals surface area contributed by atoms with Gasteiger partial charge in [0.25, 0.3) is 0 Å². The number of aliphatic hydroxyl groups is 2. The molecule has 38 valence electrons. The molecular weight excluding hydrogens is 80.0 g/mol. The molecule has 0 atom stereocenters. The van der Waals surface area contributed by atoms with Crippen LogP contribution in [0.1, 0.15) is 16.4 Å². The second-order valence-electron chi connectivity index (χ2n) is 0.691. The Morgan fingerprint density at radius 3 is 2.33 bits per heavy atom. The minimum atomic E-state index is -3.30. The van der Waals surface area contributed by atoms with Gasteiger partial charge in [-0.3, -0.25) is 0 Å². The fraction of sp³-hybridized carbons (Fsp3) is 1.00. The second kappa shape index (κ2) is 3.12. The molecule has 0 unspecified atom stereocenters. The van der Waals surface area contributed by atoms with E-state index in [0.717, 1.165) is 0 Å². The van der Waals surface area contributed by atoms with Crippen LogP contribution >= 0.6 is 0 Å². The number of hydrogen-bond donors (Lipinski definition) is 2. The Balaban J connectivity index is 5.02. The second-order valence-corrected chi connectivity index (χ2v) is 0.691. The minimum Gasteiger partial charge on any atom is -0.396 e. The molecule has 0 aliphatic heterocycles. The lowest BCUT2D eigenvalue weighted by Crippen LogP contribution is -2.04. The molecule has 0 saturated carbocycles. The molecule has 0 spiro atoms. The van der Waals surface area contributed by atoms with Gasteiger partial charge in [0.15, 0.2) is 0 Å². The number of hydrogen-bond acceptors (Lipinski definition) is 2. The fourth-order valence-electron chi connectivity index (χ4n) is 0.0289. The molecular formula is C4H10O2. The highest BCUT2D eigenvalue weighted by atomic mass is 16.3. The van der Waals surface area contributed by atoms with E-state index in [1.165, 1.54) is 0 Å². The van der Waals surface area contributed by atoms with E-state index < -0.39 is 25.9 Å². The van der Waals surface area contributed by atoms with Crippen LogP contribution in [0, 0.1) is 5.92 Å². The van der Waals surface area contributed by atoms with Gasteiger partial charge in [0, 0.05) is 23.1 Å². The van der Waals surface area contributed by atoms with E-state index in [2.05, 4.69) is 0 Å². The highest BCUT2D eigenvalue weighted by molar-refractivity contribution is 4.41. The van der Waals surface area contributed by atoms with Crippen LogP contribution in [0.2, 0.25) is 0 Å². The first-order chi connectivity index (χ1) is 5.37. The maximum Gasteiger partial charge on any atom is 0.0567 e. The van der Waals surface area contributed by atoms with Crippen LogP contribution in [0.4, 0.5) is 0 Å². The van der Waals surface area contributed by atoms with Crippen molar-refractivity contribution in [2.75, 3.05) is 13.1 Å². The monoisotopic (exact) mass is 97.1 g/mol. The summed E-state index contributed by atoms with van der Waals surface area (Å²) in [5, 5.41) is 17.4. The zero-order chi connectivity index (χ0) is 11.1. The van der Waals surface area contributed by atoms with E-state index >= 15 is 0 Å². The Kier molecular flexibility index (Phi) is 0.525. The normalized spacial score (nSPS) is 34.2. The molecule has 6 heavy (non-hydrogen) atoms. The van der Waals surface area contributed by atoms with E-state index in [1.807, 2.05) is 0 Å². The van der Waals surface area contributed by atoms with Gasteiger partial charge in [0.1, 0.15) is 0 Å². The molecule has 0 radical (unpaired) electrons. The van der Waals surface area contributed by atoms with Gasteiger partial charge in [-0.15, -0.1) is 0 Å². The highest BCUT2D eigenvalue weighted by Gasteiger charge is 1.91. The Bertz CT molecular complexity index is 141. The quantitative estimate of drug-likeness (QED) is 0.492. The van der Waals surface area contributed by atoms with Crippen LogP contribution < -0.4 is 0 Å². The lowest BCUT2D eigenvalue weighted by atomic mass is 10.2. The van der Waals surface area contributed by atoms with Crippen molar-refractivity contribution in [1.82, 2.24) is 0 Å². The first-order valence-corrected chi connectivity index (χ1v) is 1.31. The van der Waals surface area contributed by atoms with Gasteiger partial charge in [-0.05, 0) is 0 Å². The third kappa shape index (κ3) is 2.18. The minimum absolute atomic E-state index is 2.49. The Hall–Kier alpha value is -0.0800. The average molecular weight is 97.2 g/mol. The van der Waals surface area contributed by atoms with E-state index in [1.54, 1.807) is 0 Å². The van der Waals surface area contributed by atoms with Gasteiger partial charge in [-0.1, -0.05) is 6.85 Å². The fourth-order valence-corrected chi connectivity index (χ4v) is 0.0289. The van der Waals surface area contributed by atoms with E-state index in [0.29, 0.717) is 0 Å². The maximum absolute atomic E-state index is 8.72. The summed E-state index contributed by atoms with van der Waals surface area (Å²) in [5.41, 5.74) is 0. The van der Waals surface area contributed by atoms with Crippen molar-refractivity contribution in [3.63, 3.8) is 0 Å². The zero-order valence-corrected chi connectivity index (χ0v) is 2.97. The van der Waals surface area contributed by atoms with Crippen molar-refractivity contribution in [2.45, 2.75) is 6.85 Å². The van der Waals surface area contributed by atoms with Gasteiger partial charge in [0.2, 0.25) is 0 Å². The molecule has 0 aliphatic rings. The predicted molar refractivity (Wildman–Crippen MR) is 23.3 cm³/mol. The van der Waals surface area contributed by atoms with Crippen molar-refractivity contribution in [3.8, 4) is 0 Å². The Morgan fingerprint density at radius 2 is 2.33 bits per heavy atom. The molecule has 0 aromatic heterocycles. The summed E-state index contributed by atoms with van der Waals surface area (Å²) in [7, 11) is 0. The molecule has 0 saturated heterocycles. The van der Waals surface area contributed by atoms with Crippen molar-refractivity contribution in [1.29, 1.82) is 0 Å². The van der Waals surface area contributed by atoms with Gasteiger partial charge >= 0.3 is 0 Å². The largest absolute Gasteiger partial charge is 0.396 e. The van der Waals surface area contributed by atoms with Gasteiger partial charge < -0.3 is 10.2 Å². The predicted octanol–water partition coefficient (Wildman–Crippen LogP) is -0.393. The Morgan fingerprint density at radius 1 is 1.83 bits per heavy atom. The molecule has 0 aromatic rings. The smallest absolute Gasteiger partial charge is 0.0567 e. The summed E-state index contributed by atoms with van der Waals surface area (Å²) >= 11 is 0. The van der Waals surface area contributed by atoms with E-state index in [-0.39, 0.29) is 0 Å². The third-order valence-electron chi connectivity index (χ3n) is 0.258. The van der Waals surface area contributed by atoms with Crippen LogP contribution in [0.15, 0.2) is 0 Å². The standard InChI is InChI=1S/C4H10O2/c1-4(2-5)3-6/h4-6H,2-3H2,1H3/i1D3,2D2,3D2. The molecule has 0 aromatic carbocycles. The third-order valence-corrected chi connectivity index (χ3v) is 0.258. The van der Waals surface area contributed by atoms with Gasteiger partial charge in [-0.25, -0.2) is 0 Å². The van der Waals surface area contributed by atoms with Gasteiger partial charge in [0.05, 0.1) is 5.48 Å². The van der Waals surface area contributed by atoms with Crippen LogP contribution in [-0.2, 0) is 0 Å². The average Bonchev–Trinajstić information content (AvgIpc) is 1.44. The lowest BCUT2D eigenvalue weighted by molar-refractivity contribution is 0.162. The highest BCUT2D eigenvalue weighted by Crippen LogP contribution is 1.85. The molecule has 2 nitrogen and oxygen atoms in total. The summed E-state index contributed by atoms with van der Waals surface area (Å²) in [6.45, 7) is -9.72. The first kappa shape index (κ1) is 1.01. The van der Waals surface area contributed by atoms with Crippen molar-refractivity contribution >= 4 is 0 Å². The van der Waals surface area contributed by atoms with E-state index in [4.69, 9.17) is 19.8 Å². The lowest BCUT2D eigenvalue weighted by Gasteiger charge is -1.97. The first-order valence-electron chi connectivity index (χ1n) is 4.81. The topological polar surface area (TPSA) is 40.5 Å². The molecule has 2 N–H and O–H groups in total. The molecule has 0 bridgehead atoms. The Labute approximate surface area is 47.3 Å². The molecule has 0 rings (SSSR count). The molecule has 0 heterocycles. The van der Waals surface area contributed by atoms with Crippen molar-refractivity contribution < 1.29 is 19.8 Å². The summed E-state index contributed by atoms with van der Waals surface area (Å²) in [4.78, 5) is 0.